The van der Waals surface area contributed by atoms with Crippen LogP contribution in [0.1, 0.15) is 103 Å². The van der Waals surface area contributed by atoms with E-state index in [1.807, 2.05) is 0 Å². The Morgan fingerprint density at radius 2 is 0.700 bits per heavy atom. The molecular formula is C20H36. The molecule has 0 fully saturated rings. The molecule has 0 aromatic carbocycles. The summed E-state index contributed by atoms with van der Waals surface area (Å²) in [5.74, 6) is 6.57. The zero-order valence-corrected chi connectivity index (χ0v) is 13.7. The van der Waals surface area contributed by atoms with Crippen LogP contribution in [0.5, 0.6) is 0 Å². The van der Waals surface area contributed by atoms with Crippen molar-refractivity contribution in [2.24, 2.45) is 0 Å². The fourth-order valence-electron chi connectivity index (χ4n) is 2.37. The predicted octanol–water partition coefficient (Wildman–Crippen LogP) is 6.90. The van der Waals surface area contributed by atoms with Gasteiger partial charge in [0.15, 0.2) is 0 Å². The Morgan fingerprint density at radius 1 is 0.400 bits per heavy atom. The zero-order chi connectivity index (χ0) is 14.7. The molecule has 0 heterocycles. The Kier molecular flexibility index (Phi) is 18.2. The Labute approximate surface area is 129 Å². The summed E-state index contributed by atoms with van der Waals surface area (Å²) in [4.78, 5) is 0. The van der Waals surface area contributed by atoms with E-state index in [4.69, 9.17) is 0 Å². The van der Waals surface area contributed by atoms with Gasteiger partial charge in [-0.1, -0.05) is 90.9 Å². The molecule has 0 aromatic heterocycles. The van der Waals surface area contributed by atoms with Gasteiger partial charge in [0.05, 0.1) is 0 Å². The second kappa shape index (κ2) is 18.6. The molecule has 0 unspecified atom stereocenters. The third-order valence-corrected chi connectivity index (χ3v) is 3.73. The van der Waals surface area contributed by atoms with Gasteiger partial charge in [-0.05, 0) is 12.8 Å². The molecule has 0 aromatic rings. The van der Waals surface area contributed by atoms with Crippen molar-refractivity contribution >= 4 is 0 Å². The monoisotopic (exact) mass is 276 g/mol. The molecule has 0 heteroatoms. The van der Waals surface area contributed by atoms with E-state index in [9.17, 15) is 0 Å². The lowest BCUT2D eigenvalue weighted by molar-refractivity contribution is 0.554. The Hall–Kier alpha value is -0.440. The molecule has 0 bridgehead atoms. The van der Waals surface area contributed by atoms with Gasteiger partial charge >= 0.3 is 0 Å². The molecule has 0 nitrogen and oxygen atoms in total. The number of unbranched alkanes of at least 4 members (excludes halogenated alkanes) is 14. The largest absolute Gasteiger partial charge is 0.103 e. The summed E-state index contributed by atoms with van der Waals surface area (Å²) in [5, 5.41) is 0. The first-order chi connectivity index (χ1) is 9.91. The second-order valence-corrected chi connectivity index (χ2v) is 5.80. The van der Waals surface area contributed by atoms with Crippen LogP contribution in [0.15, 0.2) is 0 Å². The van der Waals surface area contributed by atoms with Crippen molar-refractivity contribution in [3.63, 3.8) is 0 Å². The molecule has 0 aliphatic rings. The van der Waals surface area contributed by atoms with Crippen LogP contribution in [-0.4, -0.2) is 0 Å². The highest BCUT2D eigenvalue weighted by Crippen LogP contribution is 2.11. The quantitative estimate of drug-likeness (QED) is 0.239. The van der Waals surface area contributed by atoms with E-state index in [1.54, 1.807) is 0 Å². The molecule has 0 saturated heterocycles. The van der Waals surface area contributed by atoms with Crippen molar-refractivity contribution in [2.75, 3.05) is 0 Å². The summed E-state index contributed by atoms with van der Waals surface area (Å²) in [5.41, 5.74) is 0. The van der Waals surface area contributed by atoms with Gasteiger partial charge in [-0.2, -0.15) is 0 Å². The van der Waals surface area contributed by atoms with Crippen molar-refractivity contribution in [1.29, 1.82) is 0 Å². The van der Waals surface area contributed by atoms with Crippen molar-refractivity contribution < 1.29 is 0 Å². The first kappa shape index (κ1) is 19.6. The minimum absolute atomic E-state index is 1.05. The van der Waals surface area contributed by atoms with Gasteiger partial charge < -0.3 is 0 Å². The van der Waals surface area contributed by atoms with Crippen LogP contribution in [0, 0.1) is 25.7 Å². The van der Waals surface area contributed by atoms with Gasteiger partial charge in [-0.3, -0.25) is 0 Å². The maximum atomic E-state index is 3.88. The highest BCUT2D eigenvalue weighted by atomic mass is 14.0. The van der Waals surface area contributed by atoms with Gasteiger partial charge in [-0.15, -0.1) is 11.8 Å². The van der Waals surface area contributed by atoms with Crippen molar-refractivity contribution in [3.8, 4) is 11.8 Å². The van der Waals surface area contributed by atoms with Crippen LogP contribution in [-0.2, 0) is 0 Å². The Bertz CT molecular complexity index is 218. The summed E-state index contributed by atoms with van der Waals surface area (Å²) in [6, 6.07) is 0. The lowest BCUT2D eigenvalue weighted by Crippen LogP contribution is -1.82. The standard InChI is InChI=1S/C20H36/c1-3-5-7-9-11-13-15-17-19-20-18-16-14-12-10-8-6-4-2/h1-11,13,15-20H2. The van der Waals surface area contributed by atoms with E-state index in [2.05, 4.69) is 25.7 Å². The van der Waals surface area contributed by atoms with Crippen molar-refractivity contribution in [3.05, 3.63) is 13.8 Å². The molecule has 0 amide bonds. The van der Waals surface area contributed by atoms with Gasteiger partial charge in [0.2, 0.25) is 0 Å². The van der Waals surface area contributed by atoms with Crippen LogP contribution in [0.3, 0.4) is 0 Å². The molecule has 0 aliphatic carbocycles. The predicted molar refractivity (Wildman–Crippen MR) is 92.4 cm³/mol. The Morgan fingerprint density at radius 3 is 1.15 bits per heavy atom. The lowest BCUT2D eigenvalue weighted by Gasteiger charge is -2.01. The van der Waals surface area contributed by atoms with Crippen LogP contribution in [0.4, 0.5) is 0 Å². The third kappa shape index (κ3) is 17.6. The van der Waals surface area contributed by atoms with E-state index >= 15 is 0 Å². The molecule has 20 heavy (non-hydrogen) atoms. The summed E-state index contributed by atoms with van der Waals surface area (Å²) in [7, 11) is 0. The van der Waals surface area contributed by atoms with Crippen LogP contribution >= 0.6 is 0 Å². The fraction of sp³-hybridized carbons (Fsp3) is 0.800. The lowest BCUT2D eigenvalue weighted by atomic mass is 10.1. The minimum Gasteiger partial charge on any atom is -0.103 e. The highest BCUT2D eigenvalue weighted by molar-refractivity contribution is 4.98. The first-order valence-electron chi connectivity index (χ1n) is 8.96. The summed E-state index contributed by atoms with van der Waals surface area (Å²) >= 11 is 0. The first-order valence-corrected chi connectivity index (χ1v) is 8.96. The average molecular weight is 277 g/mol. The maximum Gasteiger partial charge on any atom is 0.00886 e. The van der Waals surface area contributed by atoms with Crippen LogP contribution in [0.25, 0.3) is 0 Å². The van der Waals surface area contributed by atoms with E-state index in [0.717, 1.165) is 25.7 Å². The molecule has 0 rings (SSSR count). The molecule has 0 saturated carbocycles. The summed E-state index contributed by atoms with van der Waals surface area (Å²) < 4.78 is 0. The van der Waals surface area contributed by atoms with Gasteiger partial charge in [0, 0.05) is 12.8 Å². The maximum absolute atomic E-state index is 3.88. The molecule has 0 N–H and O–H groups in total. The fourth-order valence-corrected chi connectivity index (χ4v) is 2.37. The molecule has 2 radical (unpaired) electrons. The Balaban J connectivity index is 3.02. The van der Waals surface area contributed by atoms with Crippen LogP contribution in [0.2, 0.25) is 0 Å². The van der Waals surface area contributed by atoms with Crippen molar-refractivity contribution in [1.82, 2.24) is 0 Å². The molecule has 0 atom stereocenters. The van der Waals surface area contributed by atoms with Crippen LogP contribution < -0.4 is 0 Å². The average Bonchev–Trinajstić information content (AvgIpc) is 2.47. The van der Waals surface area contributed by atoms with E-state index in [0.29, 0.717) is 0 Å². The number of hydrogen-bond donors (Lipinski definition) is 0. The van der Waals surface area contributed by atoms with Gasteiger partial charge in [0.1, 0.15) is 0 Å². The summed E-state index contributed by atoms with van der Waals surface area (Å²) in [6.45, 7) is 7.72. The van der Waals surface area contributed by atoms with E-state index < -0.39 is 0 Å². The van der Waals surface area contributed by atoms with E-state index in [-0.39, 0.29) is 0 Å². The number of hydrogen-bond acceptors (Lipinski definition) is 0. The molecule has 0 aliphatic heterocycles. The molecule has 0 spiro atoms. The molecule has 116 valence electrons. The topological polar surface area (TPSA) is 0 Å². The highest BCUT2D eigenvalue weighted by Gasteiger charge is 1.92. The number of rotatable bonds is 14. The van der Waals surface area contributed by atoms with Gasteiger partial charge in [-0.25, -0.2) is 0 Å². The van der Waals surface area contributed by atoms with Gasteiger partial charge in [0.25, 0.3) is 0 Å². The normalized spacial score (nSPS) is 10.3. The minimum atomic E-state index is 1.05. The zero-order valence-electron chi connectivity index (χ0n) is 13.7. The molecular weight excluding hydrogens is 240 g/mol. The second-order valence-electron chi connectivity index (χ2n) is 5.80. The summed E-state index contributed by atoms with van der Waals surface area (Å²) in [6.07, 6.45) is 20.7. The third-order valence-electron chi connectivity index (χ3n) is 3.73. The smallest absolute Gasteiger partial charge is 0.00886 e. The van der Waals surface area contributed by atoms with Crippen molar-refractivity contribution in [2.45, 2.75) is 103 Å². The van der Waals surface area contributed by atoms with E-state index in [1.165, 1.54) is 77.0 Å². The SMILES string of the molecule is [CH2]CCCCC#CCCCCCCCCCCCC[CH2].